The van der Waals surface area contributed by atoms with E-state index in [1.165, 1.54) is 27.9 Å². The molecule has 0 radical (unpaired) electrons. The number of halogens is 1. The van der Waals surface area contributed by atoms with E-state index in [0.717, 1.165) is 14.9 Å². The second-order valence-corrected chi connectivity index (χ2v) is 10.5. The van der Waals surface area contributed by atoms with Crippen LogP contribution in [0.3, 0.4) is 0 Å². The highest BCUT2D eigenvalue weighted by Crippen LogP contribution is 2.30. The van der Waals surface area contributed by atoms with Crippen molar-refractivity contribution in [3.8, 4) is 10.4 Å². The molecule has 150 valence electrons. The summed E-state index contributed by atoms with van der Waals surface area (Å²) in [7, 11) is -3.58. The van der Waals surface area contributed by atoms with E-state index in [1.54, 1.807) is 17.2 Å². The summed E-state index contributed by atoms with van der Waals surface area (Å²) in [6, 6.07) is 14.9. The molecule has 3 heterocycles. The van der Waals surface area contributed by atoms with Crippen LogP contribution in [0.1, 0.15) is 9.67 Å². The molecule has 0 atom stereocenters. The standard InChI is InChI=1S/C20H18BrN3O3S2/c21-16-5-3-15(4-6-16)18-7-8-19(28-18)20(25)23-10-12-24(13-11-23)29(26,27)17-2-1-9-22-14-17/h1-9,14H,10-13H2. The monoisotopic (exact) mass is 491 g/mol. The third kappa shape index (κ3) is 4.28. The lowest BCUT2D eigenvalue weighted by Crippen LogP contribution is -2.50. The fraction of sp³-hybridized carbons (Fsp3) is 0.200. The number of nitrogens with zero attached hydrogens (tertiary/aromatic N) is 3. The van der Waals surface area contributed by atoms with Crippen LogP contribution in [0.25, 0.3) is 10.4 Å². The first kappa shape index (κ1) is 20.2. The molecule has 0 saturated carbocycles. The number of benzene rings is 1. The summed E-state index contributed by atoms with van der Waals surface area (Å²) in [6.07, 6.45) is 2.89. The summed E-state index contributed by atoms with van der Waals surface area (Å²) < 4.78 is 27.8. The number of sulfonamides is 1. The van der Waals surface area contributed by atoms with Crippen LogP contribution in [0.5, 0.6) is 0 Å². The van der Waals surface area contributed by atoms with Crippen molar-refractivity contribution >= 4 is 43.2 Å². The van der Waals surface area contributed by atoms with E-state index in [1.807, 2.05) is 36.4 Å². The average Bonchev–Trinajstić information content (AvgIpc) is 3.25. The molecule has 3 aromatic rings. The zero-order valence-corrected chi connectivity index (χ0v) is 18.6. The highest BCUT2D eigenvalue weighted by Gasteiger charge is 2.30. The highest BCUT2D eigenvalue weighted by atomic mass is 79.9. The van der Waals surface area contributed by atoms with Gasteiger partial charge in [0.2, 0.25) is 10.0 Å². The Morgan fingerprint density at radius 2 is 1.72 bits per heavy atom. The number of aromatic nitrogens is 1. The number of carbonyl (C=O) groups is 1. The number of piperazine rings is 1. The second kappa shape index (κ2) is 8.35. The molecule has 0 aliphatic carbocycles. The van der Waals surface area contributed by atoms with E-state index in [4.69, 9.17) is 0 Å². The minimum atomic E-state index is -3.58. The first-order chi connectivity index (χ1) is 13.9. The van der Waals surface area contributed by atoms with Crippen LogP contribution in [-0.2, 0) is 10.0 Å². The number of hydrogen-bond donors (Lipinski definition) is 0. The molecule has 1 aromatic carbocycles. The molecule has 1 amide bonds. The van der Waals surface area contributed by atoms with Crippen LogP contribution >= 0.6 is 27.3 Å². The third-order valence-corrected chi connectivity index (χ3v) is 8.28. The molecule has 0 unspecified atom stereocenters. The molecule has 9 heteroatoms. The van der Waals surface area contributed by atoms with Gasteiger partial charge in [0.25, 0.3) is 5.91 Å². The summed E-state index contributed by atoms with van der Waals surface area (Å²) in [5.74, 6) is -0.0585. The molecular weight excluding hydrogens is 474 g/mol. The maximum absolute atomic E-state index is 12.9. The summed E-state index contributed by atoms with van der Waals surface area (Å²) in [5.41, 5.74) is 1.06. The first-order valence-electron chi connectivity index (χ1n) is 9.00. The molecule has 1 fully saturated rings. The van der Waals surface area contributed by atoms with E-state index in [0.29, 0.717) is 18.0 Å². The average molecular weight is 492 g/mol. The van der Waals surface area contributed by atoms with Crippen LogP contribution in [-0.4, -0.2) is 54.7 Å². The van der Waals surface area contributed by atoms with Gasteiger partial charge in [0.1, 0.15) is 4.90 Å². The van der Waals surface area contributed by atoms with Gasteiger partial charge in [-0.2, -0.15) is 4.31 Å². The SMILES string of the molecule is O=C(c1ccc(-c2ccc(Br)cc2)s1)N1CCN(S(=O)(=O)c2cccnc2)CC1. The highest BCUT2D eigenvalue weighted by molar-refractivity contribution is 9.10. The number of thiophene rings is 1. The van der Waals surface area contributed by atoms with Crippen LogP contribution < -0.4 is 0 Å². The van der Waals surface area contributed by atoms with Crippen molar-refractivity contribution in [1.29, 1.82) is 0 Å². The molecule has 29 heavy (non-hydrogen) atoms. The summed E-state index contributed by atoms with van der Waals surface area (Å²) in [4.78, 5) is 20.3. The minimum Gasteiger partial charge on any atom is -0.335 e. The van der Waals surface area contributed by atoms with Gasteiger partial charge in [-0.25, -0.2) is 8.42 Å². The quantitative estimate of drug-likeness (QED) is 0.557. The van der Waals surface area contributed by atoms with Gasteiger partial charge in [0, 0.05) is 47.9 Å². The van der Waals surface area contributed by atoms with Crippen LogP contribution in [0.4, 0.5) is 0 Å². The van der Waals surface area contributed by atoms with Crippen LogP contribution in [0.15, 0.2) is 70.3 Å². The number of hydrogen-bond acceptors (Lipinski definition) is 5. The lowest BCUT2D eigenvalue weighted by Gasteiger charge is -2.33. The summed E-state index contributed by atoms with van der Waals surface area (Å²) >= 11 is 4.87. The number of pyridine rings is 1. The number of carbonyl (C=O) groups excluding carboxylic acids is 1. The molecule has 2 aromatic heterocycles. The lowest BCUT2D eigenvalue weighted by molar-refractivity contribution is 0.0703. The predicted molar refractivity (Wildman–Crippen MR) is 116 cm³/mol. The van der Waals surface area contributed by atoms with E-state index in [2.05, 4.69) is 20.9 Å². The lowest BCUT2D eigenvalue weighted by atomic mass is 10.2. The molecule has 6 nitrogen and oxygen atoms in total. The summed E-state index contributed by atoms with van der Waals surface area (Å²) in [6.45, 7) is 1.27. The molecular formula is C20H18BrN3O3S2. The Morgan fingerprint density at radius 1 is 1.00 bits per heavy atom. The van der Waals surface area contributed by atoms with E-state index in [9.17, 15) is 13.2 Å². The van der Waals surface area contributed by atoms with E-state index < -0.39 is 10.0 Å². The maximum atomic E-state index is 12.9. The van der Waals surface area contributed by atoms with Gasteiger partial charge < -0.3 is 4.90 Å². The van der Waals surface area contributed by atoms with Gasteiger partial charge in [-0.15, -0.1) is 11.3 Å². The molecule has 0 spiro atoms. The predicted octanol–water partition coefficient (Wildman–Crippen LogP) is 3.72. The van der Waals surface area contributed by atoms with Crippen molar-refractivity contribution in [2.45, 2.75) is 4.90 Å². The van der Waals surface area contributed by atoms with E-state index >= 15 is 0 Å². The molecule has 4 rings (SSSR count). The fourth-order valence-corrected chi connectivity index (χ4v) is 5.79. The van der Waals surface area contributed by atoms with Crippen molar-refractivity contribution in [3.63, 3.8) is 0 Å². The second-order valence-electron chi connectivity index (χ2n) is 6.56. The molecule has 0 N–H and O–H groups in total. The van der Waals surface area contributed by atoms with Gasteiger partial charge in [-0.3, -0.25) is 9.78 Å². The third-order valence-electron chi connectivity index (χ3n) is 4.74. The first-order valence-corrected chi connectivity index (χ1v) is 12.1. The Labute approximate surface area is 182 Å². The maximum Gasteiger partial charge on any atom is 0.264 e. The molecule has 1 aliphatic rings. The van der Waals surface area contributed by atoms with Gasteiger partial charge in [-0.05, 0) is 42.0 Å². The van der Waals surface area contributed by atoms with Gasteiger partial charge in [0.05, 0.1) is 4.88 Å². The Hall–Kier alpha value is -2.07. The Kier molecular flexibility index (Phi) is 5.82. The van der Waals surface area contributed by atoms with Crippen LogP contribution in [0, 0.1) is 0 Å². The Morgan fingerprint density at radius 3 is 2.38 bits per heavy atom. The largest absolute Gasteiger partial charge is 0.335 e. The molecule has 0 bridgehead atoms. The topological polar surface area (TPSA) is 70.6 Å². The van der Waals surface area contributed by atoms with Crippen molar-refractivity contribution in [3.05, 3.63) is 70.3 Å². The zero-order valence-electron chi connectivity index (χ0n) is 15.4. The smallest absolute Gasteiger partial charge is 0.264 e. The zero-order chi connectivity index (χ0) is 20.4. The van der Waals surface area contributed by atoms with Crippen molar-refractivity contribution < 1.29 is 13.2 Å². The number of amides is 1. The fourth-order valence-electron chi connectivity index (χ4n) is 3.16. The van der Waals surface area contributed by atoms with E-state index in [-0.39, 0.29) is 23.9 Å². The summed E-state index contributed by atoms with van der Waals surface area (Å²) in [5, 5.41) is 0. The van der Waals surface area contributed by atoms with Crippen molar-refractivity contribution in [2.24, 2.45) is 0 Å². The molecule has 1 saturated heterocycles. The van der Waals surface area contributed by atoms with Crippen molar-refractivity contribution in [1.82, 2.24) is 14.2 Å². The van der Waals surface area contributed by atoms with Gasteiger partial charge in [-0.1, -0.05) is 28.1 Å². The Balaban J connectivity index is 1.43. The minimum absolute atomic E-state index is 0.0585. The normalized spacial score (nSPS) is 15.4. The van der Waals surface area contributed by atoms with Gasteiger partial charge in [0.15, 0.2) is 0 Å². The molecule has 1 aliphatic heterocycles. The van der Waals surface area contributed by atoms with Crippen molar-refractivity contribution in [2.75, 3.05) is 26.2 Å². The Bertz CT molecular complexity index is 1110. The number of rotatable bonds is 4. The van der Waals surface area contributed by atoms with Crippen LogP contribution in [0.2, 0.25) is 0 Å². The van der Waals surface area contributed by atoms with Gasteiger partial charge >= 0.3 is 0 Å².